The van der Waals surface area contributed by atoms with E-state index in [1.807, 2.05) is 0 Å². The van der Waals surface area contributed by atoms with Crippen LogP contribution in [0, 0.1) is 19.8 Å². The van der Waals surface area contributed by atoms with Gasteiger partial charge in [-0.3, -0.25) is 0 Å². The summed E-state index contributed by atoms with van der Waals surface area (Å²) in [6, 6.07) is 6.86. The van der Waals surface area contributed by atoms with Crippen molar-refractivity contribution in [3.8, 4) is 0 Å². The summed E-state index contributed by atoms with van der Waals surface area (Å²) < 4.78 is 0. The average Bonchev–Trinajstić information content (AvgIpc) is 2.23. The summed E-state index contributed by atoms with van der Waals surface area (Å²) in [5, 5.41) is 0. The molecule has 0 saturated carbocycles. The summed E-state index contributed by atoms with van der Waals surface area (Å²) in [5.41, 5.74) is 9.87. The number of nitrogens with two attached hydrogens (primary N) is 1. The molecule has 0 spiro atoms. The van der Waals surface area contributed by atoms with E-state index in [0.717, 1.165) is 13.0 Å². The summed E-state index contributed by atoms with van der Waals surface area (Å²) in [5.74, 6) is 1.34. The standard InChI is InChI=1S/C15H25N/c1-11(2)15(6-5-9-16)14-8-7-12(3)13(4)10-14/h7-8,10-11,15H,5-6,9,16H2,1-4H3. The smallest absolute Gasteiger partial charge is 0.00771 e. The summed E-state index contributed by atoms with van der Waals surface area (Å²) in [6.07, 6.45) is 2.33. The van der Waals surface area contributed by atoms with Crippen molar-refractivity contribution in [3.63, 3.8) is 0 Å². The minimum absolute atomic E-state index is 0.655. The lowest BCUT2D eigenvalue weighted by Gasteiger charge is -2.22. The van der Waals surface area contributed by atoms with Crippen LogP contribution in [-0.2, 0) is 0 Å². The zero-order chi connectivity index (χ0) is 12.1. The third-order valence-electron chi connectivity index (χ3n) is 3.48. The molecule has 0 radical (unpaired) electrons. The number of benzene rings is 1. The van der Waals surface area contributed by atoms with Gasteiger partial charge < -0.3 is 5.73 Å². The van der Waals surface area contributed by atoms with Crippen LogP contribution in [0.3, 0.4) is 0 Å². The Balaban J connectivity index is 2.88. The molecule has 0 bridgehead atoms. The van der Waals surface area contributed by atoms with Crippen molar-refractivity contribution in [1.29, 1.82) is 0 Å². The van der Waals surface area contributed by atoms with Gasteiger partial charge in [0, 0.05) is 0 Å². The molecule has 0 aliphatic heterocycles. The predicted molar refractivity (Wildman–Crippen MR) is 71.8 cm³/mol. The van der Waals surface area contributed by atoms with E-state index in [-0.39, 0.29) is 0 Å². The first-order chi connectivity index (χ1) is 7.56. The van der Waals surface area contributed by atoms with Crippen LogP contribution in [0.4, 0.5) is 0 Å². The van der Waals surface area contributed by atoms with Crippen molar-refractivity contribution in [2.24, 2.45) is 11.7 Å². The molecule has 1 nitrogen and oxygen atoms in total. The summed E-state index contributed by atoms with van der Waals surface area (Å²) in [7, 11) is 0. The van der Waals surface area contributed by atoms with Gasteiger partial charge in [0.15, 0.2) is 0 Å². The third-order valence-corrected chi connectivity index (χ3v) is 3.48. The van der Waals surface area contributed by atoms with Crippen molar-refractivity contribution in [2.75, 3.05) is 6.54 Å². The average molecular weight is 219 g/mol. The Morgan fingerprint density at radius 1 is 1.12 bits per heavy atom. The molecular formula is C15H25N. The second-order valence-electron chi connectivity index (χ2n) is 5.13. The predicted octanol–water partition coefficient (Wildman–Crippen LogP) is 3.78. The van der Waals surface area contributed by atoms with Crippen LogP contribution < -0.4 is 5.73 Å². The normalized spacial score (nSPS) is 13.1. The molecule has 0 aromatic heterocycles. The SMILES string of the molecule is Cc1ccc(C(CCCN)C(C)C)cc1C. The van der Waals surface area contributed by atoms with Crippen molar-refractivity contribution >= 4 is 0 Å². The van der Waals surface area contributed by atoms with Crippen LogP contribution in [0.2, 0.25) is 0 Å². The molecular weight excluding hydrogens is 194 g/mol. The Hall–Kier alpha value is -0.820. The molecule has 1 atom stereocenters. The summed E-state index contributed by atoms with van der Waals surface area (Å²) in [4.78, 5) is 0. The van der Waals surface area contributed by atoms with Crippen LogP contribution in [0.1, 0.15) is 49.3 Å². The van der Waals surface area contributed by atoms with Gasteiger partial charge in [-0.2, -0.15) is 0 Å². The Morgan fingerprint density at radius 3 is 2.31 bits per heavy atom. The quantitative estimate of drug-likeness (QED) is 0.801. The topological polar surface area (TPSA) is 26.0 Å². The molecule has 1 rings (SSSR count). The van der Waals surface area contributed by atoms with Crippen LogP contribution in [0.15, 0.2) is 18.2 Å². The molecule has 0 saturated heterocycles. The minimum atomic E-state index is 0.655. The second kappa shape index (κ2) is 6.05. The number of aryl methyl sites for hydroxylation is 2. The number of hydrogen-bond donors (Lipinski definition) is 1. The fourth-order valence-corrected chi connectivity index (χ4v) is 2.22. The maximum Gasteiger partial charge on any atom is -0.00771 e. The largest absolute Gasteiger partial charge is 0.330 e. The first-order valence-electron chi connectivity index (χ1n) is 6.33. The van der Waals surface area contributed by atoms with Gasteiger partial charge in [-0.05, 0) is 61.8 Å². The molecule has 2 N–H and O–H groups in total. The third kappa shape index (κ3) is 3.34. The molecule has 16 heavy (non-hydrogen) atoms. The van der Waals surface area contributed by atoms with Gasteiger partial charge in [-0.1, -0.05) is 32.0 Å². The van der Waals surface area contributed by atoms with E-state index in [1.165, 1.54) is 23.1 Å². The molecule has 0 aliphatic rings. The van der Waals surface area contributed by atoms with E-state index in [0.29, 0.717) is 11.8 Å². The fourth-order valence-electron chi connectivity index (χ4n) is 2.22. The van der Waals surface area contributed by atoms with Gasteiger partial charge in [0.2, 0.25) is 0 Å². The minimum Gasteiger partial charge on any atom is -0.330 e. The van der Waals surface area contributed by atoms with Crippen LogP contribution in [0.25, 0.3) is 0 Å². The second-order valence-corrected chi connectivity index (χ2v) is 5.13. The fraction of sp³-hybridized carbons (Fsp3) is 0.600. The zero-order valence-corrected chi connectivity index (χ0v) is 11.1. The first kappa shape index (κ1) is 13.2. The Labute approximate surface area is 100 Å². The van der Waals surface area contributed by atoms with E-state index in [4.69, 9.17) is 5.73 Å². The number of hydrogen-bond acceptors (Lipinski definition) is 1. The van der Waals surface area contributed by atoms with Gasteiger partial charge in [0.25, 0.3) is 0 Å². The van der Waals surface area contributed by atoms with E-state index >= 15 is 0 Å². The van der Waals surface area contributed by atoms with Gasteiger partial charge in [-0.15, -0.1) is 0 Å². The molecule has 0 aliphatic carbocycles. The molecule has 0 amide bonds. The van der Waals surface area contributed by atoms with Crippen molar-refractivity contribution in [3.05, 3.63) is 34.9 Å². The maximum atomic E-state index is 5.61. The lowest BCUT2D eigenvalue weighted by atomic mass is 9.84. The highest BCUT2D eigenvalue weighted by atomic mass is 14.5. The molecule has 1 aromatic rings. The van der Waals surface area contributed by atoms with E-state index in [1.54, 1.807) is 0 Å². The van der Waals surface area contributed by atoms with Crippen molar-refractivity contribution in [2.45, 2.75) is 46.5 Å². The maximum absolute atomic E-state index is 5.61. The Bertz CT molecular complexity index is 328. The van der Waals surface area contributed by atoms with Crippen LogP contribution >= 0.6 is 0 Å². The Kier molecular flexibility index (Phi) is 5.01. The molecule has 1 aromatic carbocycles. The van der Waals surface area contributed by atoms with E-state index in [2.05, 4.69) is 45.9 Å². The molecule has 1 heteroatoms. The molecule has 0 heterocycles. The van der Waals surface area contributed by atoms with E-state index in [9.17, 15) is 0 Å². The van der Waals surface area contributed by atoms with Gasteiger partial charge >= 0.3 is 0 Å². The van der Waals surface area contributed by atoms with Crippen molar-refractivity contribution in [1.82, 2.24) is 0 Å². The first-order valence-corrected chi connectivity index (χ1v) is 6.33. The monoisotopic (exact) mass is 219 g/mol. The van der Waals surface area contributed by atoms with Gasteiger partial charge in [-0.25, -0.2) is 0 Å². The van der Waals surface area contributed by atoms with Crippen LogP contribution in [0.5, 0.6) is 0 Å². The summed E-state index contributed by atoms with van der Waals surface area (Å²) >= 11 is 0. The lowest BCUT2D eigenvalue weighted by Crippen LogP contribution is -2.10. The zero-order valence-electron chi connectivity index (χ0n) is 11.1. The van der Waals surface area contributed by atoms with Gasteiger partial charge in [0.1, 0.15) is 0 Å². The van der Waals surface area contributed by atoms with Crippen molar-refractivity contribution < 1.29 is 0 Å². The number of rotatable bonds is 5. The van der Waals surface area contributed by atoms with Crippen LogP contribution in [-0.4, -0.2) is 6.54 Å². The molecule has 1 unspecified atom stereocenters. The highest BCUT2D eigenvalue weighted by molar-refractivity contribution is 5.32. The highest BCUT2D eigenvalue weighted by Gasteiger charge is 2.15. The lowest BCUT2D eigenvalue weighted by molar-refractivity contribution is 0.457. The molecule has 90 valence electrons. The molecule has 0 fully saturated rings. The Morgan fingerprint density at radius 2 is 1.81 bits per heavy atom. The van der Waals surface area contributed by atoms with Gasteiger partial charge in [0.05, 0.1) is 0 Å². The van der Waals surface area contributed by atoms with E-state index < -0.39 is 0 Å². The summed E-state index contributed by atoms with van der Waals surface area (Å²) in [6.45, 7) is 9.77. The highest BCUT2D eigenvalue weighted by Crippen LogP contribution is 2.30.